The van der Waals surface area contributed by atoms with Crippen molar-refractivity contribution in [2.45, 2.75) is 32.7 Å². The number of hydrogen-bond acceptors (Lipinski definition) is 3. The van der Waals surface area contributed by atoms with E-state index in [-0.39, 0.29) is 29.9 Å². The van der Waals surface area contributed by atoms with E-state index in [0.29, 0.717) is 18.5 Å². The molecule has 4 N–H and O–H groups in total. The van der Waals surface area contributed by atoms with Crippen molar-refractivity contribution in [1.82, 2.24) is 4.90 Å². The quantitative estimate of drug-likeness (QED) is 0.416. The standard InChI is InChI=1S/C12H26N4O.HI/c1-3-10(4-2)11(9-15-12(13)14)16-5-7-17-8-6-16;/h10-11H,3-9H2,1-2H3,(H4,13,14,15);1H. The summed E-state index contributed by atoms with van der Waals surface area (Å²) in [6.45, 7) is 8.78. The molecule has 1 atom stereocenters. The molecule has 0 aromatic carbocycles. The van der Waals surface area contributed by atoms with Gasteiger partial charge in [-0.25, -0.2) is 0 Å². The first-order valence-corrected chi connectivity index (χ1v) is 6.56. The topological polar surface area (TPSA) is 76.9 Å². The average Bonchev–Trinajstić information content (AvgIpc) is 2.35. The fraction of sp³-hybridized carbons (Fsp3) is 0.917. The van der Waals surface area contributed by atoms with Crippen LogP contribution in [-0.4, -0.2) is 49.7 Å². The van der Waals surface area contributed by atoms with Crippen molar-refractivity contribution < 1.29 is 4.74 Å². The first-order chi connectivity index (χ1) is 8.19. The van der Waals surface area contributed by atoms with Gasteiger partial charge in [0, 0.05) is 19.1 Å². The van der Waals surface area contributed by atoms with Gasteiger partial charge in [-0.15, -0.1) is 24.0 Å². The molecule has 5 nitrogen and oxygen atoms in total. The van der Waals surface area contributed by atoms with Gasteiger partial charge in [-0.1, -0.05) is 26.7 Å². The molecular formula is C12H27IN4O. The molecule has 1 unspecified atom stereocenters. The number of nitrogens with two attached hydrogens (primary N) is 2. The van der Waals surface area contributed by atoms with Crippen LogP contribution in [0.5, 0.6) is 0 Å². The van der Waals surface area contributed by atoms with Gasteiger partial charge in [-0.3, -0.25) is 9.89 Å². The molecule has 0 spiro atoms. The minimum atomic E-state index is 0. The van der Waals surface area contributed by atoms with Crippen LogP contribution in [0.1, 0.15) is 26.7 Å². The molecule has 0 radical (unpaired) electrons. The molecule has 0 aromatic heterocycles. The van der Waals surface area contributed by atoms with Crippen molar-refractivity contribution in [3.8, 4) is 0 Å². The second kappa shape index (κ2) is 9.80. The molecule has 0 saturated carbocycles. The smallest absolute Gasteiger partial charge is 0.185 e. The van der Waals surface area contributed by atoms with E-state index in [4.69, 9.17) is 16.2 Å². The lowest BCUT2D eigenvalue weighted by atomic mass is 9.92. The monoisotopic (exact) mass is 370 g/mol. The molecule has 0 bridgehead atoms. The van der Waals surface area contributed by atoms with E-state index in [9.17, 15) is 0 Å². The Labute approximate surface area is 127 Å². The molecule has 1 aliphatic heterocycles. The van der Waals surface area contributed by atoms with Gasteiger partial charge in [0.2, 0.25) is 0 Å². The van der Waals surface area contributed by atoms with Crippen LogP contribution in [0.2, 0.25) is 0 Å². The Hall–Kier alpha value is -0.0800. The van der Waals surface area contributed by atoms with Crippen molar-refractivity contribution >= 4 is 29.9 Å². The SMILES string of the molecule is CCC(CC)C(CN=C(N)N)N1CCOCC1.I. The second-order valence-corrected chi connectivity index (χ2v) is 4.56. The highest BCUT2D eigenvalue weighted by molar-refractivity contribution is 14.0. The first kappa shape index (κ1) is 17.9. The van der Waals surface area contributed by atoms with Crippen molar-refractivity contribution in [1.29, 1.82) is 0 Å². The predicted octanol–water partition coefficient (Wildman–Crippen LogP) is 1.01. The molecule has 1 rings (SSSR count). The molecular weight excluding hydrogens is 343 g/mol. The summed E-state index contributed by atoms with van der Waals surface area (Å²) in [5.41, 5.74) is 10.9. The Morgan fingerprint density at radius 1 is 1.22 bits per heavy atom. The normalized spacial score (nSPS) is 18.2. The summed E-state index contributed by atoms with van der Waals surface area (Å²) < 4.78 is 5.40. The van der Waals surface area contributed by atoms with Gasteiger partial charge >= 0.3 is 0 Å². The molecule has 1 aliphatic rings. The van der Waals surface area contributed by atoms with Crippen LogP contribution in [0.15, 0.2) is 4.99 Å². The number of morpholine rings is 1. The first-order valence-electron chi connectivity index (χ1n) is 6.56. The predicted molar refractivity (Wildman–Crippen MR) is 86.3 cm³/mol. The lowest BCUT2D eigenvalue weighted by Crippen LogP contribution is -2.48. The van der Waals surface area contributed by atoms with Crippen LogP contribution < -0.4 is 11.5 Å². The number of rotatable bonds is 6. The van der Waals surface area contributed by atoms with E-state index in [0.717, 1.165) is 26.3 Å². The zero-order valence-electron chi connectivity index (χ0n) is 11.5. The summed E-state index contributed by atoms with van der Waals surface area (Å²) in [7, 11) is 0. The Balaban J connectivity index is 0.00000289. The summed E-state index contributed by atoms with van der Waals surface area (Å²) in [5, 5.41) is 0. The van der Waals surface area contributed by atoms with Gasteiger partial charge in [0.1, 0.15) is 0 Å². The largest absolute Gasteiger partial charge is 0.379 e. The van der Waals surface area contributed by atoms with Crippen molar-refractivity contribution in [2.75, 3.05) is 32.8 Å². The Bertz CT molecular complexity index is 236. The maximum absolute atomic E-state index is 5.44. The van der Waals surface area contributed by atoms with Crippen LogP contribution in [0.25, 0.3) is 0 Å². The Morgan fingerprint density at radius 3 is 2.22 bits per heavy atom. The fourth-order valence-corrected chi connectivity index (χ4v) is 2.50. The van der Waals surface area contributed by atoms with Crippen LogP contribution in [0.3, 0.4) is 0 Å². The molecule has 0 aromatic rings. The number of ether oxygens (including phenoxy) is 1. The summed E-state index contributed by atoms with van der Waals surface area (Å²) in [5.74, 6) is 0.838. The molecule has 108 valence electrons. The molecule has 0 aliphatic carbocycles. The van der Waals surface area contributed by atoms with Crippen LogP contribution >= 0.6 is 24.0 Å². The maximum Gasteiger partial charge on any atom is 0.185 e. The number of aliphatic imine (C=N–C) groups is 1. The molecule has 1 heterocycles. The average molecular weight is 370 g/mol. The third-order valence-corrected chi connectivity index (χ3v) is 3.57. The van der Waals surface area contributed by atoms with Gasteiger partial charge in [0.25, 0.3) is 0 Å². The number of guanidine groups is 1. The molecule has 18 heavy (non-hydrogen) atoms. The molecule has 1 fully saturated rings. The van der Waals surface area contributed by atoms with Crippen molar-refractivity contribution in [2.24, 2.45) is 22.4 Å². The summed E-state index contributed by atoms with van der Waals surface area (Å²) in [6, 6.07) is 0.441. The van der Waals surface area contributed by atoms with E-state index in [2.05, 4.69) is 23.7 Å². The summed E-state index contributed by atoms with van der Waals surface area (Å²) >= 11 is 0. The highest BCUT2D eigenvalue weighted by atomic mass is 127. The maximum atomic E-state index is 5.44. The van der Waals surface area contributed by atoms with E-state index < -0.39 is 0 Å². The zero-order valence-corrected chi connectivity index (χ0v) is 13.8. The van der Waals surface area contributed by atoms with Crippen LogP contribution in [0.4, 0.5) is 0 Å². The van der Waals surface area contributed by atoms with Crippen LogP contribution in [0, 0.1) is 5.92 Å². The second-order valence-electron chi connectivity index (χ2n) is 4.56. The zero-order chi connectivity index (χ0) is 12.7. The Morgan fingerprint density at radius 2 is 1.78 bits per heavy atom. The van der Waals surface area contributed by atoms with Gasteiger partial charge in [0.15, 0.2) is 5.96 Å². The highest BCUT2D eigenvalue weighted by Gasteiger charge is 2.26. The lowest BCUT2D eigenvalue weighted by molar-refractivity contribution is 0.00397. The van der Waals surface area contributed by atoms with Crippen molar-refractivity contribution in [3.63, 3.8) is 0 Å². The van der Waals surface area contributed by atoms with Gasteiger partial charge in [-0.05, 0) is 5.92 Å². The van der Waals surface area contributed by atoms with E-state index in [1.807, 2.05) is 0 Å². The van der Waals surface area contributed by atoms with Gasteiger partial charge < -0.3 is 16.2 Å². The summed E-state index contributed by atoms with van der Waals surface area (Å²) in [4.78, 5) is 6.67. The van der Waals surface area contributed by atoms with Gasteiger partial charge in [-0.2, -0.15) is 0 Å². The molecule has 1 saturated heterocycles. The third kappa shape index (κ3) is 5.71. The lowest BCUT2D eigenvalue weighted by Gasteiger charge is -2.37. The Kier molecular flexibility index (Phi) is 9.76. The summed E-state index contributed by atoms with van der Waals surface area (Å²) in [6.07, 6.45) is 2.33. The van der Waals surface area contributed by atoms with Crippen LogP contribution in [-0.2, 0) is 4.74 Å². The number of hydrogen-bond donors (Lipinski definition) is 2. The highest BCUT2D eigenvalue weighted by Crippen LogP contribution is 2.20. The van der Waals surface area contributed by atoms with Gasteiger partial charge in [0.05, 0.1) is 19.8 Å². The van der Waals surface area contributed by atoms with E-state index >= 15 is 0 Å². The molecule has 0 amide bonds. The minimum absolute atomic E-state index is 0. The van der Waals surface area contributed by atoms with E-state index in [1.165, 1.54) is 12.8 Å². The van der Waals surface area contributed by atoms with E-state index in [1.54, 1.807) is 0 Å². The fourth-order valence-electron chi connectivity index (χ4n) is 2.50. The number of halogens is 1. The molecule has 6 heteroatoms. The minimum Gasteiger partial charge on any atom is -0.379 e. The third-order valence-electron chi connectivity index (χ3n) is 3.57. The van der Waals surface area contributed by atoms with Crippen molar-refractivity contribution in [3.05, 3.63) is 0 Å². The number of nitrogens with zero attached hydrogens (tertiary/aromatic N) is 2.